The minimum atomic E-state index is -0.998. The maximum atomic E-state index is 13.8. The first-order chi connectivity index (χ1) is 12.0. The number of rotatable bonds is 5. The van der Waals surface area contributed by atoms with E-state index in [1.54, 1.807) is 0 Å². The fraction of sp³-hybridized carbons (Fsp3) is 0.0588. The number of furan rings is 1. The van der Waals surface area contributed by atoms with Gasteiger partial charge in [-0.05, 0) is 18.2 Å². The van der Waals surface area contributed by atoms with Crippen LogP contribution in [-0.2, 0) is 4.79 Å². The molecule has 2 aromatic carbocycles. The monoisotopic (exact) mass is 362 g/mol. The zero-order chi connectivity index (χ0) is 18.0. The van der Waals surface area contributed by atoms with Crippen molar-refractivity contribution < 1.29 is 22.8 Å². The van der Waals surface area contributed by atoms with Crippen molar-refractivity contribution in [3.05, 3.63) is 59.9 Å². The molecule has 8 heteroatoms. The third kappa shape index (κ3) is 3.63. The maximum absolute atomic E-state index is 13.8. The predicted molar refractivity (Wildman–Crippen MR) is 90.4 cm³/mol. The van der Waals surface area contributed by atoms with Crippen molar-refractivity contribution in [1.29, 1.82) is 0 Å². The maximum Gasteiger partial charge on any atom is 0.286 e. The fourth-order valence-corrected chi connectivity index (χ4v) is 2.98. The second kappa shape index (κ2) is 6.94. The van der Waals surface area contributed by atoms with Crippen LogP contribution in [0.15, 0.2) is 51.8 Å². The summed E-state index contributed by atoms with van der Waals surface area (Å²) in [7, 11) is 0. The topological polar surface area (TPSA) is 85.3 Å². The van der Waals surface area contributed by atoms with Gasteiger partial charge in [0.1, 0.15) is 11.5 Å². The van der Waals surface area contributed by atoms with E-state index in [9.17, 15) is 18.4 Å². The van der Waals surface area contributed by atoms with Crippen LogP contribution < -0.4 is 11.1 Å². The van der Waals surface area contributed by atoms with Crippen molar-refractivity contribution in [2.45, 2.75) is 4.90 Å². The van der Waals surface area contributed by atoms with Crippen molar-refractivity contribution in [2.75, 3.05) is 11.1 Å². The molecule has 25 heavy (non-hydrogen) atoms. The first-order valence-electron chi connectivity index (χ1n) is 7.14. The summed E-state index contributed by atoms with van der Waals surface area (Å²) in [5.41, 5.74) is 4.72. The van der Waals surface area contributed by atoms with Gasteiger partial charge in [-0.1, -0.05) is 18.2 Å². The Morgan fingerprint density at radius 2 is 1.88 bits per heavy atom. The number of primary amides is 1. The lowest BCUT2D eigenvalue weighted by Gasteiger charge is -2.05. The Labute approximate surface area is 145 Å². The number of hydrogen-bond acceptors (Lipinski definition) is 4. The zero-order valence-electron chi connectivity index (χ0n) is 12.7. The summed E-state index contributed by atoms with van der Waals surface area (Å²) in [6.45, 7) is 0. The number of carbonyl (C=O) groups excluding carboxylic acids is 2. The van der Waals surface area contributed by atoms with Crippen LogP contribution in [0.4, 0.5) is 14.5 Å². The van der Waals surface area contributed by atoms with Gasteiger partial charge < -0.3 is 15.5 Å². The van der Waals surface area contributed by atoms with E-state index in [-0.39, 0.29) is 22.4 Å². The number of hydrogen-bond donors (Lipinski definition) is 2. The van der Waals surface area contributed by atoms with Crippen LogP contribution in [0.2, 0.25) is 0 Å². The average Bonchev–Trinajstić information content (AvgIpc) is 2.93. The quantitative estimate of drug-likeness (QED) is 0.680. The minimum absolute atomic E-state index is 0.0344. The van der Waals surface area contributed by atoms with Crippen LogP contribution in [0.3, 0.4) is 0 Å². The van der Waals surface area contributed by atoms with Crippen molar-refractivity contribution in [1.82, 2.24) is 0 Å². The van der Waals surface area contributed by atoms with Crippen LogP contribution in [0, 0.1) is 11.6 Å². The molecule has 2 amide bonds. The fourth-order valence-electron chi connectivity index (χ4n) is 2.26. The second-order valence-electron chi connectivity index (χ2n) is 5.08. The Morgan fingerprint density at radius 1 is 1.16 bits per heavy atom. The summed E-state index contributed by atoms with van der Waals surface area (Å²) in [6, 6.07) is 10.8. The van der Waals surface area contributed by atoms with E-state index in [4.69, 9.17) is 10.2 Å². The van der Waals surface area contributed by atoms with Crippen molar-refractivity contribution in [2.24, 2.45) is 5.73 Å². The summed E-state index contributed by atoms with van der Waals surface area (Å²) < 4.78 is 32.4. The van der Waals surface area contributed by atoms with Crippen LogP contribution in [0.5, 0.6) is 0 Å². The summed E-state index contributed by atoms with van der Waals surface area (Å²) in [4.78, 5) is 24.5. The van der Waals surface area contributed by atoms with Gasteiger partial charge in [0.25, 0.3) is 5.91 Å². The van der Waals surface area contributed by atoms with Gasteiger partial charge >= 0.3 is 0 Å². The van der Waals surface area contributed by atoms with Gasteiger partial charge in [-0.3, -0.25) is 9.59 Å². The summed E-state index contributed by atoms with van der Waals surface area (Å²) in [5, 5.41) is 2.39. The molecule has 3 rings (SSSR count). The number of nitrogens with two attached hydrogens (primary N) is 1. The van der Waals surface area contributed by atoms with E-state index in [0.29, 0.717) is 6.07 Å². The van der Waals surface area contributed by atoms with E-state index >= 15 is 0 Å². The molecule has 0 aliphatic heterocycles. The Hall–Kier alpha value is -2.87. The molecule has 0 aliphatic rings. The number of nitrogens with one attached hydrogen (secondary N) is 1. The lowest BCUT2D eigenvalue weighted by atomic mass is 10.2. The lowest BCUT2D eigenvalue weighted by Crippen LogP contribution is -2.18. The predicted octanol–water partition coefficient (Wildman–Crippen LogP) is 3.54. The molecule has 0 radical (unpaired) electrons. The molecule has 0 aliphatic carbocycles. The van der Waals surface area contributed by atoms with Gasteiger partial charge in [-0.15, -0.1) is 11.8 Å². The molecule has 0 atom stereocenters. The SMILES string of the molecule is NC(=O)c1oc2c(F)cc(F)cc2c1NC(=O)CSc1ccccc1. The van der Waals surface area contributed by atoms with Crippen LogP contribution >= 0.6 is 11.8 Å². The highest BCUT2D eigenvalue weighted by molar-refractivity contribution is 8.00. The molecule has 1 aromatic heterocycles. The van der Waals surface area contributed by atoms with Gasteiger partial charge in [0.15, 0.2) is 11.4 Å². The van der Waals surface area contributed by atoms with Crippen molar-refractivity contribution in [3.63, 3.8) is 0 Å². The molecule has 0 saturated heterocycles. The van der Waals surface area contributed by atoms with Gasteiger partial charge in [0.2, 0.25) is 11.7 Å². The third-order valence-electron chi connectivity index (χ3n) is 3.31. The molecular formula is C17H12F2N2O3S. The number of fused-ring (bicyclic) bond motifs is 1. The highest BCUT2D eigenvalue weighted by Gasteiger charge is 2.23. The van der Waals surface area contributed by atoms with Crippen LogP contribution in [-0.4, -0.2) is 17.6 Å². The number of thioether (sulfide) groups is 1. The molecule has 1 heterocycles. The Kier molecular flexibility index (Phi) is 4.71. The Balaban J connectivity index is 1.88. The highest BCUT2D eigenvalue weighted by atomic mass is 32.2. The highest BCUT2D eigenvalue weighted by Crippen LogP contribution is 2.33. The molecule has 0 bridgehead atoms. The van der Waals surface area contributed by atoms with Crippen LogP contribution in [0.1, 0.15) is 10.6 Å². The number of halogens is 2. The second-order valence-corrected chi connectivity index (χ2v) is 6.13. The smallest absolute Gasteiger partial charge is 0.286 e. The lowest BCUT2D eigenvalue weighted by molar-refractivity contribution is -0.113. The van der Waals surface area contributed by atoms with Crippen molar-refractivity contribution in [3.8, 4) is 0 Å². The van der Waals surface area contributed by atoms with Gasteiger partial charge in [-0.2, -0.15) is 0 Å². The van der Waals surface area contributed by atoms with E-state index in [1.807, 2.05) is 30.3 Å². The third-order valence-corrected chi connectivity index (χ3v) is 4.32. The van der Waals surface area contributed by atoms with E-state index in [0.717, 1.165) is 11.0 Å². The normalized spacial score (nSPS) is 10.8. The minimum Gasteiger partial charge on any atom is -0.446 e. The van der Waals surface area contributed by atoms with Gasteiger partial charge in [0.05, 0.1) is 11.1 Å². The molecule has 5 nitrogen and oxygen atoms in total. The molecule has 0 saturated carbocycles. The average molecular weight is 362 g/mol. The van der Waals surface area contributed by atoms with Gasteiger partial charge in [-0.25, -0.2) is 8.78 Å². The molecule has 0 unspecified atom stereocenters. The molecule has 128 valence electrons. The molecular weight excluding hydrogens is 350 g/mol. The number of carbonyl (C=O) groups is 2. The summed E-state index contributed by atoms with van der Waals surface area (Å²) in [6.07, 6.45) is 0. The first kappa shape index (κ1) is 17.0. The molecule has 0 fully saturated rings. The Morgan fingerprint density at radius 3 is 2.56 bits per heavy atom. The first-order valence-corrected chi connectivity index (χ1v) is 8.13. The standard InChI is InChI=1S/C17H12F2N2O3S/c18-9-6-11-14(16(17(20)23)24-15(11)12(19)7-9)21-13(22)8-25-10-4-2-1-3-5-10/h1-7H,8H2,(H2,20,23)(H,21,22). The van der Waals surface area contributed by atoms with E-state index < -0.39 is 29.2 Å². The van der Waals surface area contributed by atoms with E-state index in [1.165, 1.54) is 11.8 Å². The van der Waals surface area contributed by atoms with Gasteiger partial charge in [0, 0.05) is 11.0 Å². The molecule has 3 aromatic rings. The number of amides is 2. The van der Waals surface area contributed by atoms with Crippen LogP contribution in [0.25, 0.3) is 11.0 Å². The number of anilines is 1. The zero-order valence-corrected chi connectivity index (χ0v) is 13.5. The van der Waals surface area contributed by atoms with E-state index in [2.05, 4.69) is 5.32 Å². The largest absolute Gasteiger partial charge is 0.446 e. The summed E-state index contributed by atoms with van der Waals surface area (Å²) >= 11 is 1.27. The Bertz CT molecular complexity index is 957. The molecule has 0 spiro atoms. The number of benzene rings is 2. The summed E-state index contributed by atoms with van der Waals surface area (Å²) in [5.74, 6) is -3.72. The molecule has 3 N–H and O–H groups in total. The van der Waals surface area contributed by atoms with Crippen molar-refractivity contribution >= 4 is 40.2 Å².